The number of hydrogen-bond acceptors (Lipinski definition) is 32. The molecular weight excluding hydrogens is 1450 g/mol. The molecule has 1 aliphatic carbocycles. The van der Waals surface area contributed by atoms with Crippen molar-refractivity contribution in [2.75, 3.05) is 59.4 Å². The van der Waals surface area contributed by atoms with Crippen LogP contribution in [-0.2, 0) is 99.9 Å². The maximum Gasteiger partial charge on any atom is 0.217 e. The van der Waals surface area contributed by atoms with E-state index in [1.807, 2.05) is 57.2 Å². The first-order valence-electron chi connectivity index (χ1n) is 39.6. The number of hydrogen-bond donors (Lipinski definition) is 14. The second kappa shape index (κ2) is 45.6. The summed E-state index contributed by atoms with van der Waals surface area (Å²) in [7, 11) is 0. The molecule has 0 radical (unpaired) electrons. The van der Waals surface area contributed by atoms with E-state index in [1.54, 1.807) is 21.0 Å². The first-order valence-corrected chi connectivity index (χ1v) is 39.6. The third-order valence-electron chi connectivity index (χ3n) is 21.3. The van der Waals surface area contributed by atoms with Crippen molar-refractivity contribution >= 4 is 17.6 Å². The molecule has 38 heteroatoms. The lowest BCUT2D eigenvalue weighted by Crippen LogP contribution is -2.64. The monoisotopic (exact) mass is 1580 g/mol. The van der Waals surface area contributed by atoms with Crippen LogP contribution in [0.5, 0.6) is 0 Å². The van der Waals surface area contributed by atoms with Crippen LogP contribution in [0.1, 0.15) is 174 Å². The number of nitrogens with zero attached hydrogens (tertiary/aromatic N) is 14. The summed E-state index contributed by atoms with van der Waals surface area (Å²) < 4.78 is 48.3. The second-order valence-electron chi connectivity index (χ2n) is 31.3. The zero-order valence-corrected chi connectivity index (χ0v) is 65.5. The standard InChI is InChI=1S/C73H126N16O22/c1-45-55(32-49(41-90)63(98)61(45)96)105-28-18-8-13-24-86-37-50(76-80-86)33-84(34-51-38-87(81-77-51)25-15-10-20-30-107-71-59(74-47(3)94)67(102)65(100)57(43-92)110-71)23-17-12-22-54(69(104)73(5,6)7)85(35-52-39-88(82-78-52)26-14-9-19-29-106-70-46(2)62(97)64(99)56(42-91)109-70)36-53-40-89(83-79-53)27-16-11-21-31-108-72-60(75-48(4)95)68(103)66(101)58(44-93)111-72/h37-40,45-46,49,54-68,70-72,90-93,96-103H,8-36,41-44H2,1-7H3,(H,74,94)(H,75,95)/t45-,46+,49+,54-,55+,56+,57+,58+,59+,60+,61+,62+,63-,64-,65-,66-,67+,68+,70+,71+,72+/m0/s1. The Balaban J connectivity index is 0.912. The van der Waals surface area contributed by atoms with Crippen LogP contribution < -0.4 is 10.6 Å². The molecule has 3 saturated heterocycles. The average molecular weight is 1580 g/mol. The Morgan fingerprint density at radius 2 is 0.838 bits per heavy atom. The molecule has 111 heavy (non-hydrogen) atoms. The van der Waals surface area contributed by atoms with Crippen LogP contribution in [0.4, 0.5) is 0 Å². The quantitative estimate of drug-likeness (QED) is 0.0221. The van der Waals surface area contributed by atoms with Crippen molar-refractivity contribution in [3.8, 4) is 0 Å². The van der Waals surface area contributed by atoms with E-state index in [4.69, 9.17) is 33.2 Å². The van der Waals surface area contributed by atoms with Gasteiger partial charge < -0.3 is 105 Å². The van der Waals surface area contributed by atoms with E-state index in [0.29, 0.717) is 135 Å². The summed E-state index contributed by atoms with van der Waals surface area (Å²) in [4.78, 5) is 43.3. The van der Waals surface area contributed by atoms with Crippen molar-refractivity contribution in [3.63, 3.8) is 0 Å². The summed E-state index contributed by atoms with van der Waals surface area (Å²) in [5.41, 5.74) is 2.00. The molecule has 4 fully saturated rings. The third-order valence-corrected chi connectivity index (χ3v) is 21.3. The minimum atomic E-state index is -1.43. The first kappa shape index (κ1) is 90.9. The molecule has 7 heterocycles. The maximum atomic E-state index is 15.0. The van der Waals surface area contributed by atoms with Gasteiger partial charge in [-0.05, 0) is 103 Å². The van der Waals surface area contributed by atoms with Crippen LogP contribution in [0.15, 0.2) is 24.8 Å². The molecule has 1 saturated carbocycles. The van der Waals surface area contributed by atoms with Crippen LogP contribution in [0.25, 0.3) is 0 Å². The number of ether oxygens (including phenoxy) is 7. The normalized spacial score (nSPS) is 29.0. The zero-order valence-electron chi connectivity index (χ0n) is 65.5. The number of aromatic nitrogens is 12. The molecule has 3 aliphatic heterocycles. The summed E-state index contributed by atoms with van der Waals surface area (Å²) in [6.07, 6.45) is 2.16. The Hall–Kier alpha value is -5.67. The van der Waals surface area contributed by atoms with Crippen LogP contribution in [0.2, 0.25) is 0 Å². The molecule has 38 nitrogen and oxygen atoms in total. The number of nitrogens with one attached hydrogen (secondary N) is 2. The lowest BCUT2D eigenvalue weighted by atomic mass is 9.77. The van der Waals surface area contributed by atoms with Crippen LogP contribution in [0.3, 0.4) is 0 Å². The van der Waals surface area contributed by atoms with Crippen LogP contribution in [0, 0.1) is 23.2 Å². The van der Waals surface area contributed by atoms with Gasteiger partial charge in [0, 0.05) is 147 Å². The number of aliphatic hydroxyl groups excluding tert-OH is 12. The summed E-state index contributed by atoms with van der Waals surface area (Å²) in [5.74, 6) is -2.06. The van der Waals surface area contributed by atoms with E-state index in [0.717, 1.165) is 49.9 Å². The number of unbranched alkanes of at least 4 members (excludes halogenated alkanes) is 9. The topological polar surface area (TPSA) is 512 Å². The van der Waals surface area contributed by atoms with Gasteiger partial charge >= 0.3 is 0 Å². The fourth-order valence-electron chi connectivity index (χ4n) is 14.6. The lowest BCUT2D eigenvalue weighted by molar-refractivity contribution is -0.282. The van der Waals surface area contributed by atoms with Gasteiger partial charge in [0.1, 0.15) is 60.9 Å². The van der Waals surface area contributed by atoms with Crippen LogP contribution >= 0.6 is 0 Å². The Morgan fingerprint density at radius 3 is 1.23 bits per heavy atom. The fourth-order valence-corrected chi connectivity index (χ4v) is 14.6. The molecule has 0 unspecified atom stereocenters. The predicted octanol–water partition coefficient (Wildman–Crippen LogP) is -1.64. The van der Waals surface area contributed by atoms with E-state index >= 15 is 4.79 Å². The summed E-state index contributed by atoms with van der Waals surface area (Å²) >= 11 is 0. The van der Waals surface area contributed by atoms with Crippen molar-refractivity contribution in [3.05, 3.63) is 47.6 Å². The largest absolute Gasteiger partial charge is 0.396 e. The number of carbonyl (C=O) groups is 3. The molecule has 0 bridgehead atoms. The highest BCUT2D eigenvalue weighted by atomic mass is 16.7. The number of carbonyl (C=O) groups excluding carboxylic acids is 3. The summed E-state index contributed by atoms with van der Waals surface area (Å²) in [6, 6.07) is -2.69. The number of rotatable bonds is 49. The van der Waals surface area contributed by atoms with Gasteiger partial charge in [0.05, 0.1) is 73.1 Å². The lowest BCUT2D eigenvalue weighted by Gasteiger charge is -2.42. The smallest absolute Gasteiger partial charge is 0.217 e. The SMILES string of the molecule is CC(=O)N[C@H]1[C@H](OCCCCCn2cc(CN(CCCC[C@@H](C(=O)C(C)(C)C)N(Cc3cn(CCCCCO[C@@H]4O[C@H](CO)[C@H](O)[C@H](O)[C@H]4C)nn3)Cc3cn(CCCCCO[C@@H]4O[C@H](CO)[C@H](O)[C@H](O)[C@H]4NC(C)=O)nn3)Cc3cn(CCCCCO[C@@H]4C[C@H](CO)[C@H](O)[C@H](O)[C@H]4C)nn3)nn2)O[C@H](CO)[C@H](O)[C@@H]1O. The van der Waals surface area contributed by atoms with Gasteiger partial charge in [0.15, 0.2) is 24.7 Å². The van der Waals surface area contributed by atoms with Gasteiger partial charge in [0.2, 0.25) is 11.8 Å². The predicted molar refractivity (Wildman–Crippen MR) is 393 cm³/mol. The molecule has 8 rings (SSSR count). The highest BCUT2D eigenvalue weighted by Gasteiger charge is 2.48. The van der Waals surface area contributed by atoms with Crippen molar-refractivity contribution < 1.29 is 109 Å². The Labute approximate surface area is 648 Å². The van der Waals surface area contributed by atoms with Gasteiger partial charge in [-0.15, -0.1) is 20.4 Å². The van der Waals surface area contributed by atoms with Crippen molar-refractivity contribution in [1.29, 1.82) is 0 Å². The zero-order chi connectivity index (χ0) is 80.3. The first-order chi connectivity index (χ1) is 53.2. The number of aliphatic hydroxyl groups is 12. The molecule has 4 aliphatic rings. The highest BCUT2D eigenvalue weighted by molar-refractivity contribution is 5.88. The number of ketones is 1. The second-order valence-corrected chi connectivity index (χ2v) is 31.3. The minimum absolute atomic E-state index is 0.0308. The highest BCUT2D eigenvalue weighted by Crippen LogP contribution is 2.33. The van der Waals surface area contributed by atoms with Gasteiger partial charge in [0.25, 0.3) is 0 Å². The van der Waals surface area contributed by atoms with E-state index < -0.39 is 153 Å². The molecule has 4 aromatic rings. The molecule has 630 valence electrons. The molecule has 4 aromatic heterocycles. The van der Waals surface area contributed by atoms with Crippen molar-refractivity contribution in [2.24, 2.45) is 23.2 Å². The molecule has 0 aromatic carbocycles. The number of aryl methyl sites for hydroxylation is 4. The van der Waals surface area contributed by atoms with Gasteiger partial charge in [-0.1, -0.05) is 61.9 Å². The van der Waals surface area contributed by atoms with E-state index in [-0.39, 0.29) is 50.7 Å². The molecular formula is C73H126N16O22. The summed E-state index contributed by atoms with van der Waals surface area (Å²) in [5, 5.41) is 164. The third kappa shape index (κ3) is 27.5. The molecule has 2 amide bonds. The summed E-state index contributed by atoms with van der Waals surface area (Å²) in [6.45, 7) is 15.5. The minimum Gasteiger partial charge on any atom is -0.396 e. The fraction of sp³-hybridized carbons (Fsp3) is 0.849. The Bertz CT molecular complexity index is 3330. The van der Waals surface area contributed by atoms with E-state index in [9.17, 15) is 70.9 Å². The number of amides is 2. The van der Waals surface area contributed by atoms with Crippen LogP contribution in [-0.4, -0.2) is 318 Å². The van der Waals surface area contributed by atoms with Gasteiger partial charge in [-0.3, -0.25) is 42.9 Å². The average Bonchev–Trinajstić information content (AvgIpc) is 1.81. The van der Waals surface area contributed by atoms with E-state index in [2.05, 4.69) is 61.7 Å². The molecule has 21 atom stereocenters. The Morgan fingerprint density at radius 1 is 0.468 bits per heavy atom. The number of Topliss-reactive ketones (excluding diaryl/α,β-unsaturated/α-hetero) is 1. The van der Waals surface area contributed by atoms with Crippen molar-refractivity contribution in [1.82, 2.24) is 80.4 Å². The molecule has 14 N–H and O–H groups in total. The Kier molecular flexibility index (Phi) is 37.3. The maximum absolute atomic E-state index is 15.0. The van der Waals surface area contributed by atoms with Gasteiger partial charge in [-0.25, -0.2) is 0 Å². The molecule has 0 spiro atoms. The van der Waals surface area contributed by atoms with E-state index in [1.165, 1.54) is 13.8 Å². The van der Waals surface area contributed by atoms with Crippen molar-refractivity contribution in [2.45, 2.75) is 314 Å². The van der Waals surface area contributed by atoms with Gasteiger partial charge in [-0.2, -0.15) is 0 Å².